The molecule has 0 unspecified atom stereocenters. The van der Waals surface area contributed by atoms with E-state index in [1.807, 2.05) is 0 Å². The van der Waals surface area contributed by atoms with Gasteiger partial charge in [0, 0.05) is 7.05 Å². The van der Waals surface area contributed by atoms with E-state index in [0.29, 0.717) is 0 Å². The fourth-order valence-corrected chi connectivity index (χ4v) is 1.19. The van der Waals surface area contributed by atoms with E-state index >= 15 is 0 Å². The van der Waals surface area contributed by atoms with Gasteiger partial charge in [-0.2, -0.15) is 0 Å². The summed E-state index contributed by atoms with van der Waals surface area (Å²) in [5, 5.41) is 11.2. The molecule has 0 aromatic heterocycles. The van der Waals surface area contributed by atoms with Crippen LogP contribution in [0.25, 0.3) is 0 Å². The van der Waals surface area contributed by atoms with E-state index in [1.54, 1.807) is 0 Å². The van der Waals surface area contributed by atoms with Crippen LogP contribution in [0.3, 0.4) is 0 Å². The SMILES string of the molecule is CNC(=O)CCOc1c(F)cccc1C(=O)O. The molecule has 0 radical (unpaired) electrons. The van der Waals surface area contributed by atoms with E-state index in [1.165, 1.54) is 19.2 Å². The maximum atomic E-state index is 13.3. The maximum absolute atomic E-state index is 13.3. The number of halogens is 1. The lowest BCUT2D eigenvalue weighted by Gasteiger charge is -2.09. The molecular formula is C11H12FNO4. The van der Waals surface area contributed by atoms with Crippen molar-refractivity contribution in [3.63, 3.8) is 0 Å². The van der Waals surface area contributed by atoms with Crippen molar-refractivity contribution in [2.24, 2.45) is 0 Å². The molecule has 5 nitrogen and oxygen atoms in total. The molecule has 92 valence electrons. The number of aromatic carboxylic acids is 1. The summed E-state index contributed by atoms with van der Waals surface area (Å²) in [6, 6.07) is 3.62. The van der Waals surface area contributed by atoms with E-state index in [2.05, 4.69) is 5.32 Å². The van der Waals surface area contributed by atoms with Gasteiger partial charge in [0.2, 0.25) is 5.91 Å². The Hall–Kier alpha value is -2.11. The topological polar surface area (TPSA) is 75.6 Å². The zero-order valence-corrected chi connectivity index (χ0v) is 9.20. The van der Waals surface area contributed by atoms with Gasteiger partial charge >= 0.3 is 5.97 Å². The summed E-state index contributed by atoms with van der Waals surface area (Å²) < 4.78 is 18.3. The molecule has 0 aliphatic rings. The monoisotopic (exact) mass is 241 g/mol. The number of ether oxygens (including phenoxy) is 1. The van der Waals surface area contributed by atoms with Crippen LogP contribution in [0.2, 0.25) is 0 Å². The Morgan fingerprint density at radius 2 is 2.18 bits per heavy atom. The first-order chi connectivity index (χ1) is 8.06. The van der Waals surface area contributed by atoms with Gasteiger partial charge in [-0.1, -0.05) is 6.07 Å². The van der Waals surface area contributed by atoms with Crippen molar-refractivity contribution in [2.45, 2.75) is 6.42 Å². The van der Waals surface area contributed by atoms with E-state index < -0.39 is 11.8 Å². The molecule has 2 N–H and O–H groups in total. The summed E-state index contributed by atoms with van der Waals surface area (Å²) >= 11 is 0. The zero-order valence-electron chi connectivity index (χ0n) is 9.20. The van der Waals surface area contributed by atoms with E-state index in [0.717, 1.165) is 6.07 Å². The molecular weight excluding hydrogens is 229 g/mol. The lowest BCUT2D eigenvalue weighted by Crippen LogP contribution is -2.20. The quantitative estimate of drug-likeness (QED) is 0.807. The summed E-state index contributed by atoms with van der Waals surface area (Å²) in [5.41, 5.74) is -0.262. The Kier molecular flexibility index (Phi) is 4.45. The number of carboxylic acids is 1. The highest BCUT2D eigenvalue weighted by Gasteiger charge is 2.15. The van der Waals surface area contributed by atoms with Crippen molar-refractivity contribution in [1.29, 1.82) is 0 Å². The van der Waals surface area contributed by atoms with Gasteiger partial charge in [-0.3, -0.25) is 4.79 Å². The first-order valence-electron chi connectivity index (χ1n) is 4.91. The second-order valence-electron chi connectivity index (χ2n) is 3.19. The number of hydrogen-bond acceptors (Lipinski definition) is 3. The number of carboxylic acid groups (broad SMARTS) is 1. The molecule has 0 spiro atoms. The first kappa shape index (κ1) is 13.0. The number of para-hydroxylation sites is 1. The molecule has 1 amide bonds. The van der Waals surface area contributed by atoms with E-state index in [4.69, 9.17) is 9.84 Å². The highest BCUT2D eigenvalue weighted by Crippen LogP contribution is 2.22. The zero-order chi connectivity index (χ0) is 12.8. The van der Waals surface area contributed by atoms with Crippen molar-refractivity contribution >= 4 is 11.9 Å². The molecule has 0 heterocycles. The molecule has 1 aromatic carbocycles. The van der Waals surface area contributed by atoms with Gasteiger partial charge in [-0.05, 0) is 12.1 Å². The van der Waals surface area contributed by atoms with Crippen LogP contribution >= 0.6 is 0 Å². The smallest absolute Gasteiger partial charge is 0.339 e. The van der Waals surface area contributed by atoms with Crippen molar-refractivity contribution < 1.29 is 23.8 Å². The first-order valence-corrected chi connectivity index (χ1v) is 4.91. The summed E-state index contributed by atoms with van der Waals surface area (Å²) in [7, 11) is 1.47. The van der Waals surface area contributed by atoms with E-state index in [9.17, 15) is 14.0 Å². The fraction of sp³-hybridized carbons (Fsp3) is 0.273. The van der Waals surface area contributed by atoms with Gasteiger partial charge in [0.05, 0.1) is 13.0 Å². The molecule has 0 bridgehead atoms. The number of benzene rings is 1. The lowest BCUT2D eigenvalue weighted by atomic mass is 10.2. The molecule has 0 atom stereocenters. The second kappa shape index (κ2) is 5.83. The number of hydrogen-bond donors (Lipinski definition) is 2. The summed E-state index contributed by atoms with van der Waals surface area (Å²) in [5.74, 6) is -2.65. The van der Waals surface area contributed by atoms with Crippen molar-refractivity contribution in [1.82, 2.24) is 5.32 Å². The fourth-order valence-electron chi connectivity index (χ4n) is 1.19. The maximum Gasteiger partial charge on any atom is 0.339 e. The van der Waals surface area contributed by atoms with Crippen LogP contribution in [0, 0.1) is 5.82 Å². The van der Waals surface area contributed by atoms with Crippen molar-refractivity contribution in [3.05, 3.63) is 29.6 Å². The molecule has 6 heteroatoms. The standard InChI is InChI=1S/C11H12FNO4/c1-13-9(14)5-6-17-10-7(11(15)16)3-2-4-8(10)12/h2-4H,5-6H2,1H3,(H,13,14)(H,15,16). The van der Waals surface area contributed by atoms with E-state index in [-0.39, 0.29) is 30.2 Å². The van der Waals surface area contributed by atoms with Crippen LogP contribution in [0.5, 0.6) is 5.75 Å². The van der Waals surface area contributed by atoms with Gasteiger partial charge in [-0.15, -0.1) is 0 Å². The average molecular weight is 241 g/mol. The second-order valence-corrected chi connectivity index (χ2v) is 3.19. The van der Waals surface area contributed by atoms with Crippen LogP contribution in [0.4, 0.5) is 4.39 Å². The molecule has 0 saturated carbocycles. The predicted octanol–water partition coefficient (Wildman–Crippen LogP) is 1.04. The number of amides is 1. The minimum atomic E-state index is -1.28. The Labute approximate surface area is 97.2 Å². The normalized spacial score (nSPS) is 9.76. The largest absolute Gasteiger partial charge is 0.489 e. The summed E-state index contributed by atoms with van der Waals surface area (Å²) in [6.07, 6.45) is 0.0316. The summed E-state index contributed by atoms with van der Waals surface area (Å²) in [4.78, 5) is 21.7. The molecule has 1 rings (SSSR count). The number of carbonyl (C=O) groups is 2. The molecule has 0 fully saturated rings. The van der Waals surface area contributed by atoms with Crippen LogP contribution in [-0.4, -0.2) is 30.6 Å². The Morgan fingerprint density at radius 1 is 1.47 bits per heavy atom. The third kappa shape index (κ3) is 3.44. The lowest BCUT2D eigenvalue weighted by molar-refractivity contribution is -0.121. The van der Waals surface area contributed by atoms with Gasteiger partial charge in [0.25, 0.3) is 0 Å². The predicted molar refractivity (Wildman–Crippen MR) is 57.5 cm³/mol. The average Bonchev–Trinajstić information content (AvgIpc) is 2.30. The van der Waals surface area contributed by atoms with Crippen molar-refractivity contribution in [2.75, 3.05) is 13.7 Å². The third-order valence-corrected chi connectivity index (χ3v) is 2.05. The number of carbonyl (C=O) groups excluding carboxylic acids is 1. The highest BCUT2D eigenvalue weighted by atomic mass is 19.1. The van der Waals surface area contributed by atoms with Gasteiger partial charge < -0.3 is 15.2 Å². The van der Waals surface area contributed by atoms with Crippen LogP contribution in [0.15, 0.2) is 18.2 Å². The Bertz CT molecular complexity index is 433. The molecule has 17 heavy (non-hydrogen) atoms. The summed E-state index contributed by atoms with van der Waals surface area (Å²) in [6.45, 7) is -0.0825. The van der Waals surface area contributed by atoms with Crippen molar-refractivity contribution in [3.8, 4) is 5.75 Å². The minimum absolute atomic E-state index is 0.0316. The highest BCUT2D eigenvalue weighted by molar-refractivity contribution is 5.90. The molecule has 0 aliphatic heterocycles. The van der Waals surface area contributed by atoms with Gasteiger partial charge in [-0.25, -0.2) is 9.18 Å². The minimum Gasteiger partial charge on any atom is -0.489 e. The number of rotatable bonds is 5. The molecule has 0 saturated heterocycles. The Balaban J connectivity index is 2.76. The van der Waals surface area contributed by atoms with Gasteiger partial charge in [0.15, 0.2) is 11.6 Å². The van der Waals surface area contributed by atoms with Gasteiger partial charge in [0.1, 0.15) is 5.56 Å². The van der Waals surface area contributed by atoms with Crippen LogP contribution < -0.4 is 10.1 Å². The molecule has 1 aromatic rings. The molecule has 0 aliphatic carbocycles. The van der Waals surface area contributed by atoms with Crippen LogP contribution in [-0.2, 0) is 4.79 Å². The Morgan fingerprint density at radius 3 is 2.76 bits per heavy atom. The number of nitrogens with one attached hydrogen (secondary N) is 1. The third-order valence-electron chi connectivity index (χ3n) is 2.05. The van der Waals surface area contributed by atoms with Crippen LogP contribution in [0.1, 0.15) is 16.8 Å².